The second-order valence-electron chi connectivity index (χ2n) is 5.59. The Kier molecular flexibility index (Phi) is 8.73. The Morgan fingerprint density at radius 1 is 1.38 bits per heavy atom. The van der Waals surface area contributed by atoms with Crippen LogP contribution in [-0.2, 0) is 20.0 Å². The van der Waals surface area contributed by atoms with Gasteiger partial charge in [0.15, 0.2) is 5.96 Å². The van der Waals surface area contributed by atoms with Crippen LogP contribution in [0.4, 0.5) is 4.39 Å². The van der Waals surface area contributed by atoms with Gasteiger partial charge in [0.25, 0.3) is 0 Å². The third-order valence-electron chi connectivity index (χ3n) is 3.57. The van der Waals surface area contributed by atoms with Gasteiger partial charge in [0.05, 0.1) is 6.20 Å². The molecule has 0 aliphatic carbocycles. The molecular formula is C17H25FIN5. The van der Waals surface area contributed by atoms with Gasteiger partial charge in [-0.15, -0.1) is 24.0 Å². The highest BCUT2D eigenvalue weighted by Crippen LogP contribution is 2.06. The Hall–Kier alpha value is -1.64. The number of hydrogen-bond acceptors (Lipinski definition) is 2. The van der Waals surface area contributed by atoms with Crippen molar-refractivity contribution in [1.29, 1.82) is 0 Å². The van der Waals surface area contributed by atoms with E-state index < -0.39 is 0 Å². The van der Waals surface area contributed by atoms with Gasteiger partial charge in [0.1, 0.15) is 5.82 Å². The zero-order valence-electron chi connectivity index (χ0n) is 14.4. The standard InChI is InChI=1S/C17H24FN5.HI/c1-19-17(22(2)12-15-11-21-23(3)13-15)20-9-5-7-14-6-4-8-16(18)10-14;/h4,6,8,10-11,13H,5,7,9,12H2,1-3H3,(H,19,20);1H. The molecule has 2 rings (SSSR count). The third kappa shape index (κ3) is 6.46. The first-order valence-corrected chi connectivity index (χ1v) is 7.72. The summed E-state index contributed by atoms with van der Waals surface area (Å²) < 4.78 is 14.9. The van der Waals surface area contributed by atoms with Crippen molar-refractivity contribution in [3.63, 3.8) is 0 Å². The minimum Gasteiger partial charge on any atom is -0.356 e. The molecule has 0 bridgehead atoms. The number of nitrogens with one attached hydrogen (secondary N) is 1. The summed E-state index contributed by atoms with van der Waals surface area (Å²) in [4.78, 5) is 6.35. The fraction of sp³-hybridized carbons (Fsp3) is 0.412. The fourth-order valence-electron chi connectivity index (χ4n) is 2.47. The van der Waals surface area contributed by atoms with Gasteiger partial charge >= 0.3 is 0 Å². The monoisotopic (exact) mass is 445 g/mol. The lowest BCUT2D eigenvalue weighted by molar-refractivity contribution is 0.475. The van der Waals surface area contributed by atoms with Crippen molar-refractivity contribution < 1.29 is 4.39 Å². The van der Waals surface area contributed by atoms with E-state index in [0.717, 1.165) is 43.0 Å². The summed E-state index contributed by atoms with van der Waals surface area (Å²) in [6, 6.07) is 6.76. The molecule has 0 atom stereocenters. The van der Waals surface area contributed by atoms with Crippen LogP contribution in [0, 0.1) is 5.82 Å². The predicted molar refractivity (Wildman–Crippen MR) is 106 cm³/mol. The number of aromatic nitrogens is 2. The van der Waals surface area contributed by atoms with Gasteiger partial charge in [-0.2, -0.15) is 5.10 Å². The van der Waals surface area contributed by atoms with E-state index in [1.54, 1.807) is 23.9 Å². The van der Waals surface area contributed by atoms with Crippen LogP contribution in [0.3, 0.4) is 0 Å². The number of halogens is 2. The first kappa shape index (κ1) is 20.4. The maximum absolute atomic E-state index is 13.1. The summed E-state index contributed by atoms with van der Waals surface area (Å²) in [5.74, 6) is 0.663. The molecule has 0 fully saturated rings. The first-order valence-electron chi connectivity index (χ1n) is 7.72. The second kappa shape index (κ2) is 10.3. The number of guanidine groups is 1. The molecular weight excluding hydrogens is 420 g/mol. The van der Waals surface area contributed by atoms with E-state index in [1.807, 2.05) is 32.6 Å². The van der Waals surface area contributed by atoms with Gasteiger partial charge < -0.3 is 10.2 Å². The van der Waals surface area contributed by atoms with Crippen LogP contribution in [0.15, 0.2) is 41.7 Å². The molecule has 2 aromatic rings. The van der Waals surface area contributed by atoms with E-state index >= 15 is 0 Å². The highest BCUT2D eigenvalue weighted by Gasteiger charge is 2.07. The number of aliphatic imine (C=N–C) groups is 1. The number of benzene rings is 1. The minimum absolute atomic E-state index is 0. The van der Waals surface area contributed by atoms with Gasteiger partial charge in [-0.1, -0.05) is 12.1 Å². The second-order valence-corrected chi connectivity index (χ2v) is 5.59. The first-order chi connectivity index (χ1) is 11.1. The van der Waals surface area contributed by atoms with E-state index in [0.29, 0.717) is 0 Å². The molecule has 0 aliphatic rings. The highest BCUT2D eigenvalue weighted by atomic mass is 127. The van der Waals surface area contributed by atoms with Crippen LogP contribution in [0.1, 0.15) is 17.5 Å². The Balaban J connectivity index is 0.00000288. The summed E-state index contributed by atoms with van der Waals surface area (Å²) in [7, 11) is 5.67. The molecule has 1 aromatic heterocycles. The third-order valence-corrected chi connectivity index (χ3v) is 3.57. The van der Waals surface area contributed by atoms with Gasteiger partial charge in [-0.25, -0.2) is 4.39 Å². The van der Waals surface area contributed by atoms with E-state index in [9.17, 15) is 4.39 Å². The van der Waals surface area contributed by atoms with Crippen molar-refractivity contribution in [2.75, 3.05) is 20.6 Å². The predicted octanol–water partition coefficient (Wildman–Crippen LogP) is 2.82. The quantitative estimate of drug-likeness (QED) is 0.322. The van der Waals surface area contributed by atoms with Crippen molar-refractivity contribution in [1.82, 2.24) is 20.0 Å². The van der Waals surface area contributed by atoms with Gasteiger partial charge in [-0.05, 0) is 30.5 Å². The number of hydrogen-bond donors (Lipinski definition) is 1. The minimum atomic E-state index is -0.178. The number of aryl methyl sites for hydroxylation is 2. The summed E-state index contributed by atoms with van der Waals surface area (Å²) in [6.45, 7) is 1.54. The Bertz CT molecular complexity index is 656. The Morgan fingerprint density at radius 3 is 2.79 bits per heavy atom. The van der Waals surface area contributed by atoms with Crippen molar-refractivity contribution in [3.8, 4) is 0 Å². The SMILES string of the molecule is CN=C(NCCCc1cccc(F)c1)N(C)Cc1cnn(C)c1.I. The lowest BCUT2D eigenvalue weighted by atomic mass is 10.1. The average Bonchev–Trinajstić information content (AvgIpc) is 2.92. The van der Waals surface area contributed by atoms with Gasteiger partial charge in [-0.3, -0.25) is 9.67 Å². The largest absolute Gasteiger partial charge is 0.356 e. The molecule has 24 heavy (non-hydrogen) atoms. The molecule has 0 saturated carbocycles. The lowest BCUT2D eigenvalue weighted by Gasteiger charge is -2.21. The molecule has 5 nitrogen and oxygen atoms in total. The van der Waals surface area contributed by atoms with Crippen molar-refractivity contribution in [2.45, 2.75) is 19.4 Å². The van der Waals surface area contributed by atoms with E-state index in [1.165, 1.54) is 6.07 Å². The topological polar surface area (TPSA) is 45.5 Å². The zero-order chi connectivity index (χ0) is 16.7. The molecule has 1 N–H and O–H groups in total. The van der Waals surface area contributed by atoms with E-state index in [-0.39, 0.29) is 29.8 Å². The summed E-state index contributed by atoms with van der Waals surface area (Å²) >= 11 is 0. The molecule has 132 valence electrons. The van der Waals surface area contributed by atoms with Crippen LogP contribution < -0.4 is 5.32 Å². The van der Waals surface area contributed by atoms with Crippen LogP contribution in [0.2, 0.25) is 0 Å². The van der Waals surface area contributed by atoms with Crippen LogP contribution >= 0.6 is 24.0 Å². The fourth-order valence-corrected chi connectivity index (χ4v) is 2.47. The summed E-state index contributed by atoms with van der Waals surface area (Å²) in [5, 5.41) is 7.51. The number of rotatable bonds is 6. The maximum Gasteiger partial charge on any atom is 0.193 e. The molecule has 0 spiro atoms. The molecule has 0 amide bonds. The smallest absolute Gasteiger partial charge is 0.193 e. The average molecular weight is 445 g/mol. The van der Waals surface area contributed by atoms with Crippen molar-refractivity contribution in [2.24, 2.45) is 12.0 Å². The van der Waals surface area contributed by atoms with Crippen LogP contribution in [0.5, 0.6) is 0 Å². The molecule has 0 unspecified atom stereocenters. The maximum atomic E-state index is 13.1. The van der Waals surface area contributed by atoms with Gasteiger partial charge in [0, 0.05) is 46.0 Å². The normalized spacial score (nSPS) is 11.1. The Labute approximate surface area is 160 Å². The van der Waals surface area contributed by atoms with Crippen molar-refractivity contribution in [3.05, 3.63) is 53.6 Å². The molecule has 1 aromatic carbocycles. The molecule has 0 aliphatic heterocycles. The summed E-state index contributed by atoms with van der Waals surface area (Å²) in [5.41, 5.74) is 2.16. The molecule has 0 saturated heterocycles. The Morgan fingerprint density at radius 2 is 2.17 bits per heavy atom. The zero-order valence-corrected chi connectivity index (χ0v) is 16.7. The van der Waals surface area contributed by atoms with Crippen LogP contribution in [0.25, 0.3) is 0 Å². The summed E-state index contributed by atoms with van der Waals surface area (Å²) in [6.07, 6.45) is 5.61. The molecule has 7 heteroatoms. The van der Waals surface area contributed by atoms with Gasteiger partial charge in [0.2, 0.25) is 0 Å². The number of nitrogens with zero attached hydrogens (tertiary/aromatic N) is 4. The molecule has 0 radical (unpaired) electrons. The highest BCUT2D eigenvalue weighted by molar-refractivity contribution is 14.0. The van der Waals surface area contributed by atoms with E-state index in [2.05, 4.69) is 20.3 Å². The van der Waals surface area contributed by atoms with Crippen molar-refractivity contribution >= 4 is 29.9 Å². The van der Waals surface area contributed by atoms with Crippen LogP contribution in [-0.4, -0.2) is 41.3 Å². The van der Waals surface area contributed by atoms with E-state index in [4.69, 9.17) is 0 Å². The molecule has 1 heterocycles. The lowest BCUT2D eigenvalue weighted by Crippen LogP contribution is -2.38.